The first-order valence-electron chi connectivity index (χ1n) is 4.55. The number of benzene rings is 1. The number of halogens is 1. The van der Waals surface area contributed by atoms with E-state index in [9.17, 15) is 4.79 Å². The Morgan fingerprint density at radius 2 is 2.19 bits per heavy atom. The summed E-state index contributed by atoms with van der Waals surface area (Å²) in [5, 5.41) is 12.6. The Morgan fingerprint density at radius 3 is 3.00 bits per heavy atom. The minimum atomic E-state index is 0.435. The van der Waals surface area contributed by atoms with Gasteiger partial charge >= 0.3 is 0 Å². The van der Waals surface area contributed by atoms with Gasteiger partial charge in [0.15, 0.2) is 11.9 Å². The number of hydrogen-bond donors (Lipinski definition) is 0. The van der Waals surface area contributed by atoms with E-state index in [1.807, 2.05) is 6.07 Å². The standard InChI is InChI=1S/C10H5ClN4O/c11-8-2-1-6-3-7(5-16)10-12-13-14-15(10)9(6)4-8/h1-5H. The topological polar surface area (TPSA) is 60.2 Å². The number of aldehydes is 1. The van der Waals surface area contributed by atoms with Crippen LogP contribution in [-0.2, 0) is 0 Å². The van der Waals surface area contributed by atoms with Crippen molar-refractivity contribution in [2.75, 3.05) is 0 Å². The van der Waals surface area contributed by atoms with Crippen molar-refractivity contribution in [1.29, 1.82) is 0 Å². The van der Waals surface area contributed by atoms with Crippen LogP contribution in [0.5, 0.6) is 0 Å². The molecular formula is C10H5ClN4O. The van der Waals surface area contributed by atoms with Crippen LogP contribution >= 0.6 is 11.6 Å². The van der Waals surface area contributed by atoms with E-state index in [4.69, 9.17) is 11.6 Å². The molecule has 0 spiro atoms. The highest BCUT2D eigenvalue weighted by atomic mass is 35.5. The Kier molecular flexibility index (Phi) is 1.87. The molecule has 0 aliphatic carbocycles. The van der Waals surface area contributed by atoms with Gasteiger partial charge in [-0.1, -0.05) is 17.7 Å². The minimum absolute atomic E-state index is 0.435. The first kappa shape index (κ1) is 9.23. The number of pyridine rings is 1. The highest BCUT2D eigenvalue weighted by Crippen LogP contribution is 2.21. The largest absolute Gasteiger partial charge is 0.298 e. The molecule has 0 aliphatic rings. The van der Waals surface area contributed by atoms with Crippen LogP contribution in [0.15, 0.2) is 24.3 Å². The maximum Gasteiger partial charge on any atom is 0.190 e. The van der Waals surface area contributed by atoms with Crippen molar-refractivity contribution in [3.8, 4) is 0 Å². The van der Waals surface area contributed by atoms with Crippen molar-refractivity contribution >= 4 is 34.4 Å². The Morgan fingerprint density at radius 1 is 1.31 bits per heavy atom. The van der Waals surface area contributed by atoms with E-state index in [-0.39, 0.29) is 0 Å². The van der Waals surface area contributed by atoms with Gasteiger partial charge in [-0.05, 0) is 28.6 Å². The van der Waals surface area contributed by atoms with Gasteiger partial charge in [-0.25, -0.2) is 0 Å². The molecule has 3 aromatic rings. The second-order valence-corrected chi connectivity index (χ2v) is 3.77. The van der Waals surface area contributed by atoms with Crippen molar-refractivity contribution in [2.24, 2.45) is 0 Å². The normalized spacial score (nSPS) is 11.1. The molecule has 0 bridgehead atoms. The number of carbonyl (C=O) groups is 1. The summed E-state index contributed by atoms with van der Waals surface area (Å²) in [5.41, 5.74) is 1.67. The third-order valence-corrected chi connectivity index (χ3v) is 2.62. The highest BCUT2D eigenvalue weighted by molar-refractivity contribution is 6.31. The summed E-state index contributed by atoms with van der Waals surface area (Å²) in [6.07, 6.45) is 0.736. The SMILES string of the molecule is O=Cc1cc2ccc(Cl)cc2n2nnnc12. The molecule has 0 fully saturated rings. The van der Waals surface area contributed by atoms with Crippen LogP contribution < -0.4 is 0 Å². The summed E-state index contributed by atoms with van der Waals surface area (Å²) in [4.78, 5) is 10.9. The van der Waals surface area contributed by atoms with E-state index >= 15 is 0 Å². The summed E-state index contributed by atoms with van der Waals surface area (Å²) in [6, 6.07) is 7.08. The summed E-state index contributed by atoms with van der Waals surface area (Å²) in [7, 11) is 0. The maximum absolute atomic E-state index is 10.9. The predicted molar refractivity (Wildman–Crippen MR) is 58.7 cm³/mol. The zero-order valence-corrected chi connectivity index (χ0v) is 8.72. The lowest BCUT2D eigenvalue weighted by Gasteiger charge is -2.02. The van der Waals surface area contributed by atoms with Gasteiger partial charge in [0, 0.05) is 10.4 Å². The van der Waals surface area contributed by atoms with Gasteiger partial charge in [0.05, 0.1) is 11.1 Å². The molecule has 0 atom stereocenters. The quantitative estimate of drug-likeness (QED) is 0.600. The second kappa shape index (κ2) is 3.24. The van der Waals surface area contributed by atoms with Crippen LogP contribution in [-0.4, -0.2) is 26.3 Å². The van der Waals surface area contributed by atoms with Crippen molar-refractivity contribution in [2.45, 2.75) is 0 Å². The maximum atomic E-state index is 10.9. The molecule has 16 heavy (non-hydrogen) atoms. The number of fused-ring (bicyclic) bond motifs is 3. The van der Waals surface area contributed by atoms with Gasteiger partial charge in [0.2, 0.25) is 0 Å². The highest BCUT2D eigenvalue weighted by Gasteiger charge is 2.09. The van der Waals surface area contributed by atoms with Gasteiger partial charge < -0.3 is 0 Å². The Bertz CT molecular complexity index is 706. The smallest absolute Gasteiger partial charge is 0.190 e. The van der Waals surface area contributed by atoms with Crippen LogP contribution in [0.2, 0.25) is 5.02 Å². The zero-order valence-electron chi connectivity index (χ0n) is 7.96. The van der Waals surface area contributed by atoms with Gasteiger partial charge in [0.1, 0.15) is 0 Å². The van der Waals surface area contributed by atoms with Gasteiger partial charge in [0.25, 0.3) is 0 Å². The fraction of sp³-hybridized carbons (Fsp3) is 0. The molecule has 0 saturated heterocycles. The number of hydrogen-bond acceptors (Lipinski definition) is 4. The molecule has 78 valence electrons. The minimum Gasteiger partial charge on any atom is -0.298 e. The van der Waals surface area contributed by atoms with E-state index in [1.165, 1.54) is 4.52 Å². The number of tetrazole rings is 1. The van der Waals surface area contributed by atoms with Crippen molar-refractivity contribution in [1.82, 2.24) is 20.0 Å². The lowest BCUT2D eigenvalue weighted by molar-refractivity contribution is 0.112. The molecule has 0 amide bonds. The Labute approximate surface area is 94.6 Å². The van der Waals surface area contributed by atoms with E-state index in [1.54, 1.807) is 18.2 Å². The molecular weight excluding hydrogens is 228 g/mol. The molecule has 6 heteroatoms. The third kappa shape index (κ3) is 1.18. The molecule has 0 aliphatic heterocycles. The molecule has 0 radical (unpaired) electrons. The van der Waals surface area contributed by atoms with Crippen molar-refractivity contribution < 1.29 is 4.79 Å². The predicted octanol–water partition coefficient (Wildman–Crippen LogP) is 1.74. The fourth-order valence-electron chi connectivity index (χ4n) is 1.67. The van der Waals surface area contributed by atoms with Crippen molar-refractivity contribution in [3.63, 3.8) is 0 Å². The van der Waals surface area contributed by atoms with Gasteiger partial charge in [-0.15, -0.1) is 5.10 Å². The molecule has 2 aromatic heterocycles. The molecule has 3 rings (SSSR count). The summed E-state index contributed by atoms with van der Waals surface area (Å²) < 4.78 is 1.50. The molecule has 2 heterocycles. The molecule has 0 N–H and O–H groups in total. The third-order valence-electron chi connectivity index (χ3n) is 2.39. The second-order valence-electron chi connectivity index (χ2n) is 3.33. The van der Waals surface area contributed by atoms with E-state index in [0.29, 0.717) is 16.2 Å². The monoisotopic (exact) mass is 232 g/mol. The average molecular weight is 233 g/mol. The number of carbonyl (C=O) groups excluding carboxylic acids is 1. The fourth-order valence-corrected chi connectivity index (χ4v) is 1.84. The summed E-state index contributed by atoms with van der Waals surface area (Å²) in [6.45, 7) is 0. The van der Waals surface area contributed by atoms with Gasteiger partial charge in [-0.2, -0.15) is 4.52 Å². The Balaban J connectivity index is 2.59. The van der Waals surface area contributed by atoms with Crippen LogP contribution in [0, 0.1) is 0 Å². The molecule has 0 unspecified atom stereocenters. The van der Waals surface area contributed by atoms with E-state index < -0.39 is 0 Å². The first-order valence-corrected chi connectivity index (χ1v) is 4.93. The zero-order chi connectivity index (χ0) is 11.1. The first-order chi connectivity index (χ1) is 7.79. The number of nitrogens with zero attached hydrogens (tertiary/aromatic N) is 4. The number of rotatable bonds is 1. The molecule has 5 nitrogen and oxygen atoms in total. The lowest BCUT2D eigenvalue weighted by Crippen LogP contribution is -1.95. The van der Waals surface area contributed by atoms with Gasteiger partial charge in [-0.3, -0.25) is 4.79 Å². The van der Waals surface area contributed by atoms with Crippen molar-refractivity contribution in [3.05, 3.63) is 34.9 Å². The molecule has 1 aromatic carbocycles. The van der Waals surface area contributed by atoms with Crippen LogP contribution in [0.3, 0.4) is 0 Å². The van der Waals surface area contributed by atoms with Crippen LogP contribution in [0.25, 0.3) is 16.6 Å². The van der Waals surface area contributed by atoms with Crippen LogP contribution in [0.1, 0.15) is 10.4 Å². The van der Waals surface area contributed by atoms with E-state index in [0.717, 1.165) is 17.2 Å². The Hall–Kier alpha value is -2.01. The number of aromatic nitrogens is 4. The lowest BCUT2D eigenvalue weighted by atomic mass is 10.1. The average Bonchev–Trinajstić information content (AvgIpc) is 2.77. The van der Waals surface area contributed by atoms with E-state index in [2.05, 4.69) is 15.5 Å². The summed E-state index contributed by atoms with van der Waals surface area (Å²) >= 11 is 5.91. The van der Waals surface area contributed by atoms with Crippen LogP contribution in [0.4, 0.5) is 0 Å². The molecule has 0 saturated carbocycles. The summed E-state index contributed by atoms with van der Waals surface area (Å²) in [5.74, 6) is 0.